The number of aromatic nitrogens is 2. The molecule has 3 aromatic rings. The van der Waals surface area contributed by atoms with Crippen LogP contribution in [0, 0.1) is 5.92 Å². The van der Waals surface area contributed by atoms with E-state index in [9.17, 15) is 9.59 Å². The molecule has 27 heavy (non-hydrogen) atoms. The van der Waals surface area contributed by atoms with Crippen LogP contribution in [-0.4, -0.2) is 22.0 Å². The van der Waals surface area contributed by atoms with Gasteiger partial charge in [0.15, 0.2) is 5.82 Å². The maximum atomic E-state index is 12.0. The molecule has 1 amide bonds. The van der Waals surface area contributed by atoms with Crippen molar-refractivity contribution in [1.29, 1.82) is 0 Å². The van der Waals surface area contributed by atoms with Crippen LogP contribution >= 0.6 is 0 Å². The lowest BCUT2D eigenvalue weighted by Gasteiger charge is -2.10. The number of hydrogen-bond donors (Lipinski definition) is 1. The van der Waals surface area contributed by atoms with E-state index in [4.69, 9.17) is 4.74 Å². The summed E-state index contributed by atoms with van der Waals surface area (Å²) in [6, 6.07) is 20.6. The normalized spacial score (nSPS) is 10.5. The van der Waals surface area contributed by atoms with Crippen LogP contribution in [0.1, 0.15) is 13.8 Å². The molecule has 6 heteroatoms. The summed E-state index contributed by atoms with van der Waals surface area (Å²) in [6.45, 7) is 3.31. The third-order valence-electron chi connectivity index (χ3n) is 3.72. The number of ether oxygens (including phenoxy) is 1. The number of nitrogens with one attached hydrogen (secondary N) is 1. The van der Waals surface area contributed by atoms with Gasteiger partial charge in [0.2, 0.25) is 0 Å². The molecule has 0 aliphatic carbocycles. The molecule has 1 N–H and O–H groups in total. The smallest absolute Gasteiger partial charge is 0.376 e. The molecule has 0 fully saturated rings. The summed E-state index contributed by atoms with van der Waals surface area (Å²) in [7, 11) is 0. The van der Waals surface area contributed by atoms with Gasteiger partial charge in [0, 0.05) is 17.2 Å². The number of carbonyl (C=O) groups excluding carboxylic acids is 2. The molecule has 0 saturated heterocycles. The molecule has 1 aromatic heterocycles. The van der Waals surface area contributed by atoms with Crippen LogP contribution < -0.4 is 5.32 Å². The van der Waals surface area contributed by atoms with Crippen molar-refractivity contribution in [2.45, 2.75) is 13.8 Å². The van der Waals surface area contributed by atoms with E-state index in [1.807, 2.05) is 60.7 Å². The van der Waals surface area contributed by atoms with Crippen molar-refractivity contribution in [2.24, 2.45) is 5.92 Å². The van der Waals surface area contributed by atoms with Gasteiger partial charge in [-0.1, -0.05) is 74.5 Å². The summed E-state index contributed by atoms with van der Waals surface area (Å²) in [4.78, 5) is 32.6. The molecule has 0 atom stereocenters. The third kappa shape index (κ3) is 4.76. The third-order valence-corrected chi connectivity index (χ3v) is 3.72. The molecule has 136 valence electrons. The van der Waals surface area contributed by atoms with E-state index in [2.05, 4.69) is 15.3 Å². The Balaban J connectivity index is 1.95. The zero-order chi connectivity index (χ0) is 19.2. The summed E-state index contributed by atoms with van der Waals surface area (Å²) in [6.07, 6.45) is -0.870. The second-order valence-corrected chi connectivity index (χ2v) is 6.18. The van der Waals surface area contributed by atoms with Crippen molar-refractivity contribution >= 4 is 17.9 Å². The van der Waals surface area contributed by atoms with E-state index >= 15 is 0 Å². The highest BCUT2D eigenvalue weighted by Crippen LogP contribution is 2.24. The molecule has 2 aromatic carbocycles. The Hall–Kier alpha value is -3.54. The maximum absolute atomic E-state index is 12.0. The van der Waals surface area contributed by atoms with Gasteiger partial charge < -0.3 is 4.74 Å². The molecule has 0 bridgehead atoms. The van der Waals surface area contributed by atoms with Gasteiger partial charge in [-0.2, -0.15) is 0 Å². The van der Waals surface area contributed by atoms with Gasteiger partial charge in [0.05, 0.1) is 11.6 Å². The van der Waals surface area contributed by atoms with Gasteiger partial charge >= 0.3 is 12.1 Å². The van der Waals surface area contributed by atoms with Crippen molar-refractivity contribution < 1.29 is 14.3 Å². The van der Waals surface area contributed by atoms with E-state index in [0.29, 0.717) is 11.5 Å². The second-order valence-electron chi connectivity index (χ2n) is 6.18. The van der Waals surface area contributed by atoms with Crippen LogP contribution in [0.5, 0.6) is 0 Å². The minimum Gasteiger partial charge on any atom is -0.376 e. The summed E-state index contributed by atoms with van der Waals surface area (Å²) in [5.41, 5.74) is 2.34. The lowest BCUT2D eigenvalue weighted by molar-refractivity contribution is -0.140. The molecular formula is C21H19N3O3. The number of rotatable bonds is 4. The van der Waals surface area contributed by atoms with Gasteiger partial charge in [-0.25, -0.2) is 14.8 Å². The number of benzene rings is 2. The lowest BCUT2D eigenvalue weighted by Crippen LogP contribution is -2.22. The molecule has 3 rings (SSSR count). The molecule has 1 heterocycles. The van der Waals surface area contributed by atoms with Crippen LogP contribution in [0.15, 0.2) is 66.7 Å². The molecule has 0 aliphatic rings. The molecule has 0 saturated carbocycles. The molecule has 0 radical (unpaired) electrons. The predicted octanol–water partition coefficient (Wildman–Crippen LogP) is 4.54. The van der Waals surface area contributed by atoms with Crippen LogP contribution in [0.2, 0.25) is 0 Å². The second kappa shape index (κ2) is 8.23. The van der Waals surface area contributed by atoms with Crippen LogP contribution in [0.25, 0.3) is 22.6 Å². The van der Waals surface area contributed by atoms with E-state index in [1.54, 1.807) is 19.9 Å². The first-order valence-corrected chi connectivity index (χ1v) is 8.55. The van der Waals surface area contributed by atoms with Gasteiger partial charge in [-0.05, 0) is 0 Å². The largest absolute Gasteiger partial charge is 0.420 e. The highest BCUT2D eigenvalue weighted by Gasteiger charge is 2.16. The first-order valence-electron chi connectivity index (χ1n) is 8.55. The van der Waals surface area contributed by atoms with Crippen molar-refractivity contribution in [1.82, 2.24) is 9.97 Å². The van der Waals surface area contributed by atoms with Crippen LogP contribution in [0.4, 0.5) is 10.6 Å². The minimum absolute atomic E-state index is 0.254. The van der Waals surface area contributed by atoms with Crippen molar-refractivity contribution in [3.05, 3.63) is 66.7 Å². The summed E-state index contributed by atoms with van der Waals surface area (Å²) < 4.78 is 4.76. The highest BCUT2D eigenvalue weighted by molar-refractivity contribution is 5.93. The fraction of sp³-hybridized carbons (Fsp3) is 0.143. The Bertz CT molecular complexity index is 884. The standard InChI is InChI=1S/C21H19N3O3/c1-14(2)20(25)27-21(26)24-18-13-17(15-9-5-3-6-10-15)22-19(23-18)16-11-7-4-8-12-16/h3-14H,1-2H3,(H,22,23,24,26). The maximum Gasteiger partial charge on any atom is 0.420 e. The Morgan fingerprint density at radius 3 is 2.07 bits per heavy atom. The first-order chi connectivity index (χ1) is 13.0. The van der Waals surface area contributed by atoms with Gasteiger partial charge in [0.25, 0.3) is 0 Å². The summed E-state index contributed by atoms with van der Waals surface area (Å²) >= 11 is 0. The molecular weight excluding hydrogens is 342 g/mol. The lowest BCUT2D eigenvalue weighted by atomic mass is 10.1. The SMILES string of the molecule is CC(C)C(=O)OC(=O)Nc1cc(-c2ccccc2)nc(-c2ccccc2)n1. The fourth-order valence-electron chi connectivity index (χ4n) is 2.32. The zero-order valence-electron chi connectivity index (χ0n) is 15.0. The van der Waals surface area contributed by atoms with E-state index in [-0.39, 0.29) is 5.82 Å². The van der Waals surface area contributed by atoms with Gasteiger partial charge in [-0.3, -0.25) is 10.1 Å². The van der Waals surface area contributed by atoms with E-state index < -0.39 is 18.0 Å². The Morgan fingerprint density at radius 2 is 1.48 bits per heavy atom. The first kappa shape index (κ1) is 18.3. The van der Waals surface area contributed by atoms with Crippen LogP contribution in [-0.2, 0) is 9.53 Å². The molecule has 0 aliphatic heterocycles. The average Bonchev–Trinajstić information content (AvgIpc) is 2.69. The van der Waals surface area contributed by atoms with Crippen LogP contribution in [0.3, 0.4) is 0 Å². The van der Waals surface area contributed by atoms with E-state index in [1.165, 1.54) is 0 Å². The Kier molecular flexibility index (Phi) is 5.56. The number of anilines is 1. The van der Waals surface area contributed by atoms with Crippen molar-refractivity contribution in [3.63, 3.8) is 0 Å². The predicted molar refractivity (Wildman–Crippen MR) is 103 cm³/mol. The Morgan fingerprint density at radius 1 is 0.889 bits per heavy atom. The van der Waals surface area contributed by atoms with Crippen molar-refractivity contribution in [3.8, 4) is 22.6 Å². The number of hydrogen-bond acceptors (Lipinski definition) is 5. The van der Waals surface area contributed by atoms with E-state index in [0.717, 1.165) is 11.1 Å². The quantitative estimate of drug-likeness (QED) is 0.545. The number of carbonyl (C=O) groups is 2. The topological polar surface area (TPSA) is 81.2 Å². The molecule has 6 nitrogen and oxygen atoms in total. The number of amides is 1. The highest BCUT2D eigenvalue weighted by atomic mass is 16.6. The van der Waals surface area contributed by atoms with Crippen molar-refractivity contribution in [2.75, 3.05) is 5.32 Å². The summed E-state index contributed by atoms with van der Waals surface area (Å²) in [5, 5.41) is 2.51. The Labute approximate surface area is 157 Å². The molecule has 0 spiro atoms. The zero-order valence-corrected chi connectivity index (χ0v) is 15.0. The molecule has 0 unspecified atom stereocenters. The number of esters is 1. The van der Waals surface area contributed by atoms with Gasteiger partial charge in [-0.15, -0.1) is 0 Å². The monoisotopic (exact) mass is 361 g/mol. The summed E-state index contributed by atoms with van der Waals surface area (Å²) in [5.74, 6) is -0.291. The van der Waals surface area contributed by atoms with Gasteiger partial charge in [0.1, 0.15) is 5.82 Å². The average molecular weight is 361 g/mol. The number of nitrogens with zero attached hydrogens (tertiary/aromatic N) is 2. The fourth-order valence-corrected chi connectivity index (χ4v) is 2.32. The minimum atomic E-state index is -0.870.